The number of hydrogen-bond acceptors (Lipinski definition) is 2. The van der Waals surface area contributed by atoms with E-state index in [1.807, 2.05) is 12.1 Å². The molecule has 0 amide bonds. The van der Waals surface area contributed by atoms with E-state index in [9.17, 15) is 0 Å². The van der Waals surface area contributed by atoms with Crippen molar-refractivity contribution in [1.29, 1.82) is 0 Å². The number of nitrogens with two attached hydrogens (primary N) is 1. The van der Waals surface area contributed by atoms with E-state index < -0.39 is 0 Å². The van der Waals surface area contributed by atoms with Crippen LogP contribution in [0.25, 0.3) is 0 Å². The Labute approximate surface area is 117 Å². The van der Waals surface area contributed by atoms with E-state index in [1.165, 1.54) is 16.7 Å². The summed E-state index contributed by atoms with van der Waals surface area (Å²) in [4.78, 5) is 1.09. The van der Waals surface area contributed by atoms with Crippen molar-refractivity contribution in [2.75, 3.05) is 5.73 Å². The third-order valence-corrected chi connectivity index (χ3v) is 4.34. The lowest BCUT2D eigenvalue weighted by Gasteiger charge is -2.10. The zero-order valence-corrected chi connectivity index (χ0v) is 12.1. The molecule has 0 heterocycles. The van der Waals surface area contributed by atoms with Gasteiger partial charge in [0.1, 0.15) is 0 Å². The summed E-state index contributed by atoms with van der Waals surface area (Å²) in [7, 11) is 0. The first kappa shape index (κ1) is 13.3. The van der Waals surface area contributed by atoms with Crippen LogP contribution in [0.3, 0.4) is 0 Å². The van der Waals surface area contributed by atoms with Crippen molar-refractivity contribution in [3.63, 3.8) is 0 Å². The summed E-state index contributed by atoms with van der Waals surface area (Å²) in [5.74, 6) is 0.935. The van der Waals surface area contributed by atoms with Crippen LogP contribution in [0, 0.1) is 13.8 Å². The summed E-state index contributed by atoms with van der Waals surface area (Å²) >= 11 is 7.65. The van der Waals surface area contributed by atoms with Crippen molar-refractivity contribution in [1.82, 2.24) is 0 Å². The van der Waals surface area contributed by atoms with Gasteiger partial charge in [0.25, 0.3) is 0 Å². The van der Waals surface area contributed by atoms with Crippen LogP contribution in [0.4, 0.5) is 5.69 Å². The summed E-state index contributed by atoms with van der Waals surface area (Å²) in [5, 5.41) is 0.684. The van der Waals surface area contributed by atoms with Crippen LogP contribution >= 0.6 is 23.4 Å². The Morgan fingerprint density at radius 3 is 2.39 bits per heavy atom. The molecule has 0 aromatic heterocycles. The molecule has 0 bridgehead atoms. The zero-order chi connectivity index (χ0) is 13.1. The van der Waals surface area contributed by atoms with Crippen LogP contribution in [0.2, 0.25) is 5.02 Å². The lowest BCUT2D eigenvalue weighted by molar-refractivity contribution is 1.24. The van der Waals surface area contributed by atoms with Crippen LogP contribution in [-0.4, -0.2) is 0 Å². The largest absolute Gasteiger partial charge is 0.398 e. The van der Waals surface area contributed by atoms with E-state index in [-0.39, 0.29) is 0 Å². The average Bonchev–Trinajstić information content (AvgIpc) is 2.31. The molecule has 18 heavy (non-hydrogen) atoms. The van der Waals surface area contributed by atoms with Crippen molar-refractivity contribution in [2.24, 2.45) is 0 Å². The number of halogens is 1. The Hall–Kier alpha value is -1.12. The van der Waals surface area contributed by atoms with Crippen molar-refractivity contribution in [3.05, 3.63) is 58.1 Å². The fourth-order valence-electron chi connectivity index (χ4n) is 1.88. The number of benzene rings is 2. The maximum Gasteiger partial charge on any atom is 0.0467 e. The van der Waals surface area contributed by atoms with Gasteiger partial charge in [-0.05, 0) is 48.7 Å². The number of rotatable bonds is 3. The highest BCUT2D eigenvalue weighted by atomic mass is 35.5. The maximum atomic E-state index is 5.96. The van der Waals surface area contributed by atoms with Crippen LogP contribution in [0.5, 0.6) is 0 Å². The molecular weight excluding hydrogens is 262 g/mol. The van der Waals surface area contributed by atoms with Crippen molar-refractivity contribution >= 4 is 29.1 Å². The molecule has 94 valence electrons. The third-order valence-electron chi connectivity index (χ3n) is 2.99. The molecule has 0 saturated carbocycles. The first-order valence-electron chi connectivity index (χ1n) is 5.81. The SMILES string of the molecule is Cc1cccc(C)c1CSc1ccc(Cl)cc1N. The van der Waals surface area contributed by atoms with Gasteiger partial charge in [-0.3, -0.25) is 0 Å². The molecule has 0 aliphatic rings. The highest BCUT2D eigenvalue weighted by molar-refractivity contribution is 7.98. The Kier molecular flexibility index (Phi) is 4.20. The second-order valence-corrected chi connectivity index (χ2v) is 5.79. The Balaban J connectivity index is 2.16. The van der Waals surface area contributed by atoms with Gasteiger partial charge in [0, 0.05) is 21.4 Å². The van der Waals surface area contributed by atoms with E-state index in [2.05, 4.69) is 32.0 Å². The van der Waals surface area contributed by atoms with E-state index >= 15 is 0 Å². The van der Waals surface area contributed by atoms with Crippen molar-refractivity contribution in [3.8, 4) is 0 Å². The molecule has 0 saturated heterocycles. The van der Waals surface area contributed by atoms with Gasteiger partial charge in [-0.2, -0.15) is 0 Å². The third kappa shape index (κ3) is 3.01. The Morgan fingerprint density at radius 1 is 1.11 bits per heavy atom. The fraction of sp³-hybridized carbons (Fsp3) is 0.200. The van der Waals surface area contributed by atoms with E-state index in [4.69, 9.17) is 17.3 Å². The van der Waals surface area contributed by atoms with Gasteiger partial charge >= 0.3 is 0 Å². The fourth-order valence-corrected chi connectivity index (χ4v) is 3.20. The molecule has 3 heteroatoms. The van der Waals surface area contributed by atoms with E-state index in [0.29, 0.717) is 5.02 Å². The summed E-state index contributed by atoms with van der Waals surface area (Å²) in [6, 6.07) is 12.0. The van der Waals surface area contributed by atoms with Crippen molar-refractivity contribution < 1.29 is 0 Å². The minimum absolute atomic E-state index is 0.684. The number of anilines is 1. The van der Waals surface area contributed by atoms with Gasteiger partial charge in [-0.15, -0.1) is 11.8 Å². The Bertz CT molecular complexity index is 546. The standard InChI is InChI=1S/C15H16ClNS/c1-10-4-3-5-11(2)13(10)9-18-15-7-6-12(16)8-14(15)17/h3-8H,9,17H2,1-2H3. The molecule has 0 spiro atoms. The minimum Gasteiger partial charge on any atom is -0.398 e. The predicted octanol–water partition coefficient (Wildman–Crippen LogP) is 4.83. The quantitative estimate of drug-likeness (QED) is 0.642. The number of thioether (sulfide) groups is 1. The predicted molar refractivity (Wildman–Crippen MR) is 81.3 cm³/mol. The van der Waals surface area contributed by atoms with E-state index in [0.717, 1.165) is 16.3 Å². The summed E-state index contributed by atoms with van der Waals surface area (Å²) < 4.78 is 0. The molecule has 2 aromatic rings. The van der Waals surface area contributed by atoms with Crippen LogP contribution < -0.4 is 5.73 Å². The first-order valence-corrected chi connectivity index (χ1v) is 7.17. The lowest BCUT2D eigenvalue weighted by atomic mass is 10.1. The van der Waals surface area contributed by atoms with Gasteiger partial charge in [-0.25, -0.2) is 0 Å². The molecule has 2 aromatic carbocycles. The molecule has 0 aliphatic carbocycles. The number of hydrogen-bond donors (Lipinski definition) is 1. The second kappa shape index (κ2) is 5.68. The summed E-state index contributed by atoms with van der Waals surface area (Å²) in [6.07, 6.45) is 0. The maximum absolute atomic E-state index is 5.96. The topological polar surface area (TPSA) is 26.0 Å². The van der Waals surface area contributed by atoms with Crippen molar-refractivity contribution in [2.45, 2.75) is 24.5 Å². The van der Waals surface area contributed by atoms with E-state index in [1.54, 1.807) is 17.8 Å². The van der Waals surface area contributed by atoms with Crippen LogP contribution in [0.1, 0.15) is 16.7 Å². The average molecular weight is 278 g/mol. The highest BCUT2D eigenvalue weighted by Gasteiger charge is 2.05. The zero-order valence-electron chi connectivity index (χ0n) is 10.5. The molecule has 0 radical (unpaired) electrons. The molecule has 0 unspecified atom stereocenters. The molecule has 2 N–H and O–H groups in total. The van der Waals surface area contributed by atoms with Crippen LogP contribution in [0.15, 0.2) is 41.3 Å². The van der Waals surface area contributed by atoms with Gasteiger partial charge in [0.15, 0.2) is 0 Å². The molecule has 2 rings (SSSR count). The van der Waals surface area contributed by atoms with Crippen LogP contribution in [-0.2, 0) is 5.75 Å². The lowest BCUT2D eigenvalue weighted by Crippen LogP contribution is -1.93. The number of nitrogen functional groups attached to an aromatic ring is 1. The summed E-state index contributed by atoms with van der Waals surface area (Å²) in [6.45, 7) is 4.29. The van der Waals surface area contributed by atoms with Gasteiger partial charge in [-0.1, -0.05) is 29.8 Å². The minimum atomic E-state index is 0.684. The number of aryl methyl sites for hydroxylation is 2. The van der Waals surface area contributed by atoms with Gasteiger partial charge in [0.05, 0.1) is 0 Å². The Morgan fingerprint density at radius 2 is 1.78 bits per heavy atom. The normalized spacial score (nSPS) is 10.6. The smallest absolute Gasteiger partial charge is 0.0467 e. The van der Waals surface area contributed by atoms with Gasteiger partial charge < -0.3 is 5.73 Å². The monoisotopic (exact) mass is 277 g/mol. The second-order valence-electron chi connectivity index (χ2n) is 4.34. The molecule has 0 aliphatic heterocycles. The highest BCUT2D eigenvalue weighted by Crippen LogP contribution is 2.31. The first-order chi connectivity index (χ1) is 8.58. The molecule has 0 fully saturated rings. The molecule has 0 atom stereocenters. The molecular formula is C15H16ClNS. The molecule has 1 nitrogen and oxygen atoms in total. The van der Waals surface area contributed by atoms with Gasteiger partial charge in [0.2, 0.25) is 0 Å². The summed E-state index contributed by atoms with van der Waals surface area (Å²) in [5.41, 5.74) is 10.7.